The van der Waals surface area contributed by atoms with Crippen LogP contribution >= 0.6 is 0 Å². The fraction of sp³-hybridized carbons (Fsp3) is 0.286. The number of aryl methyl sites for hydroxylation is 1. The number of hydrogen-bond acceptors (Lipinski definition) is 1. The van der Waals surface area contributed by atoms with Crippen molar-refractivity contribution in [1.82, 2.24) is 0 Å². The summed E-state index contributed by atoms with van der Waals surface area (Å²) < 4.78 is 0. The van der Waals surface area contributed by atoms with Crippen molar-refractivity contribution in [3.63, 3.8) is 0 Å². The van der Waals surface area contributed by atoms with Gasteiger partial charge in [-0.05, 0) is 37.7 Å². The maximum Gasteiger partial charge on any atom is 0.163 e. The standard InChI is InChI=1S/C21H22O/c1-16-10-12-17(13-11-16)14-19-8-5-9-20(19)15-21(22)18-6-3-2-4-7-18/h2-4,6-7,10-14,20H,5,8-9,15H2,1H3/b19-14+. The highest BCUT2D eigenvalue weighted by molar-refractivity contribution is 5.96. The van der Waals surface area contributed by atoms with Gasteiger partial charge in [-0.2, -0.15) is 0 Å². The zero-order valence-corrected chi connectivity index (χ0v) is 13.1. The van der Waals surface area contributed by atoms with Gasteiger partial charge in [-0.3, -0.25) is 4.79 Å². The summed E-state index contributed by atoms with van der Waals surface area (Å²) in [4.78, 5) is 12.4. The largest absolute Gasteiger partial charge is 0.294 e. The number of rotatable bonds is 4. The van der Waals surface area contributed by atoms with E-state index in [1.165, 1.54) is 23.1 Å². The molecule has 0 bridgehead atoms. The molecule has 2 aromatic carbocycles. The van der Waals surface area contributed by atoms with Crippen LogP contribution in [0.1, 0.15) is 47.2 Å². The lowest BCUT2D eigenvalue weighted by molar-refractivity contribution is 0.0968. The summed E-state index contributed by atoms with van der Waals surface area (Å²) in [5.41, 5.74) is 4.81. The monoisotopic (exact) mass is 290 g/mol. The van der Waals surface area contributed by atoms with Crippen LogP contribution in [-0.4, -0.2) is 5.78 Å². The Kier molecular flexibility index (Phi) is 4.53. The average Bonchev–Trinajstić information content (AvgIpc) is 2.97. The van der Waals surface area contributed by atoms with Crippen LogP contribution in [0.15, 0.2) is 60.2 Å². The third-order valence-corrected chi connectivity index (χ3v) is 4.50. The van der Waals surface area contributed by atoms with E-state index in [2.05, 4.69) is 37.3 Å². The van der Waals surface area contributed by atoms with Gasteiger partial charge in [0.15, 0.2) is 5.78 Å². The van der Waals surface area contributed by atoms with Crippen LogP contribution in [0.5, 0.6) is 0 Å². The smallest absolute Gasteiger partial charge is 0.163 e. The van der Waals surface area contributed by atoms with Gasteiger partial charge in [-0.1, -0.05) is 71.8 Å². The number of Topliss-reactive ketones (excluding diaryl/α,β-unsaturated/α-hetero) is 1. The number of benzene rings is 2. The summed E-state index contributed by atoms with van der Waals surface area (Å²) in [7, 11) is 0. The molecule has 1 heteroatoms. The molecule has 0 N–H and O–H groups in total. The van der Waals surface area contributed by atoms with E-state index in [1.807, 2.05) is 30.3 Å². The molecule has 3 rings (SSSR count). The first-order chi connectivity index (χ1) is 10.7. The Morgan fingerprint density at radius 2 is 1.82 bits per heavy atom. The normalized spacial score (nSPS) is 19.5. The quantitative estimate of drug-likeness (QED) is 0.684. The summed E-state index contributed by atoms with van der Waals surface area (Å²) in [6, 6.07) is 18.3. The van der Waals surface area contributed by atoms with Crippen molar-refractivity contribution >= 4 is 11.9 Å². The molecule has 1 saturated carbocycles. The Bertz CT molecular complexity index is 665. The zero-order valence-electron chi connectivity index (χ0n) is 13.1. The molecule has 22 heavy (non-hydrogen) atoms. The van der Waals surface area contributed by atoms with Crippen molar-refractivity contribution in [2.45, 2.75) is 32.6 Å². The predicted molar refractivity (Wildman–Crippen MR) is 91.9 cm³/mol. The number of allylic oxidation sites excluding steroid dienone is 1. The molecule has 112 valence electrons. The molecule has 1 fully saturated rings. The van der Waals surface area contributed by atoms with Gasteiger partial charge in [0.05, 0.1) is 0 Å². The Hall–Kier alpha value is -2.15. The van der Waals surface area contributed by atoms with Crippen LogP contribution < -0.4 is 0 Å². The second kappa shape index (κ2) is 6.74. The zero-order chi connectivity index (χ0) is 15.4. The van der Waals surface area contributed by atoms with Crippen LogP contribution in [0.3, 0.4) is 0 Å². The summed E-state index contributed by atoms with van der Waals surface area (Å²) in [6.07, 6.45) is 6.39. The number of carbonyl (C=O) groups excluding carboxylic acids is 1. The van der Waals surface area contributed by atoms with Gasteiger partial charge in [-0.15, -0.1) is 0 Å². The lowest BCUT2D eigenvalue weighted by Crippen LogP contribution is -2.07. The first kappa shape index (κ1) is 14.8. The van der Waals surface area contributed by atoms with Gasteiger partial charge >= 0.3 is 0 Å². The molecular formula is C21H22O. The highest BCUT2D eigenvalue weighted by Crippen LogP contribution is 2.35. The minimum atomic E-state index is 0.266. The third kappa shape index (κ3) is 3.54. The van der Waals surface area contributed by atoms with E-state index in [-0.39, 0.29) is 5.78 Å². The van der Waals surface area contributed by atoms with Crippen LogP contribution in [0.4, 0.5) is 0 Å². The molecule has 0 radical (unpaired) electrons. The Morgan fingerprint density at radius 3 is 2.55 bits per heavy atom. The summed E-state index contributed by atoms with van der Waals surface area (Å²) >= 11 is 0. The molecule has 0 amide bonds. The fourth-order valence-corrected chi connectivity index (χ4v) is 3.21. The van der Waals surface area contributed by atoms with Gasteiger partial charge in [0.25, 0.3) is 0 Å². The highest BCUT2D eigenvalue weighted by atomic mass is 16.1. The topological polar surface area (TPSA) is 17.1 Å². The van der Waals surface area contributed by atoms with Gasteiger partial charge in [-0.25, -0.2) is 0 Å². The molecule has 0 aliphatic heterocycles. The summed E-state index contributed by atoms with van der Waals surface area (Å²) in [5, 5.41) is 0. The lowest BCUT2D eigenvalue weighted by Gasteiger charge is -2.11. The van der Waals surface area contributed by atoms with Gasteiger partial charge in [0.2, 0.25) is 0 Å². The lowest BCUT2D eigenvalue weighted by atomic mass is 9.92. The Labute approximate surface area is 132 Å². The average molecular weight is 290 g/mol. The predicted octanol–water partition coefficient (Wildman–Crippen LogP) is 5.45. The maximum absolute atomic E-state index is 12.4. The fourth-order valence-electron chi connectivity index (χ4n) is 3.21. The van der Waals surface area contributed by atoms with E-state index in [0.717, 1.165) is 18.4 Å². The molecule has 2 aromatic rings. The van der Waals surface area contributed by atoms with Crippen LogP contribution in [-0.2, 0) is 0 Å². The molecule has 0 aromatic heterocycles. The molecule has 1 aliphatic rings. The van der Waals surface area contributed by atoms with Gasteiger partial charge in [0.1, 0.15) is 0 Å². The summed E-state index contributed by atoms with van der Waals surface area (Å²) in [6.45, 7) is 2.10. The Morgan fingerprint density at radius 1 is 1.09 bits per heavy atom. The molecule has 1 atom stereocenters. The van der Waals surface area contributed by atoms with E-state index in [1.54, 1.807) is 0 Å². The van der Waals surface area contributed by atoms with Crippen molar-refractivity contribution in [2.24, 2.45) is 5.92 Å². The second-order valence-electron chi connectivity index (χ2n) is 6.21. The first-order valence-corrected chi connectivity index (χ1v) is 8.08. The number of ketones is 1. The van der Waals surface area contributed by atoms with E-state index < -0.39 is 0 Å². The molecule has 1 unspecified atom stereocenters. The van der Waals surface area contributed by atoms with Crippen LogP contribution in [0, 0.1) is 12.8 Å². The first-order valence-electron chi connectivity index (χ1n) is 8.08. The molecule has 0 saturated heterocycles. The van der Waals surface area contributed by atoms with E-state index >= 15 is 0 Å². The number of carbonyl (C=O) groups is 1. The van der Waals surface area contributed by atoms with E-state index in [9.17, 15) is 4.79 Å². The molecule has 0 heterocycles. The number of hydrogen-bond donors (Lipinski definition) is 0. The minimum absolute atomic E-state index is 0.266. The summed E-state index contributed by atoms with van der Waals surface area (Å²) in [5.74, 6) is 0.677. The van der Waals surface area contributed by atoms with Gasteiger partial charge in [0, 0.05) is 12.0 Å². The highest BCUT2D eigenvalue weighted by Gasteiger charge is 2.23. The van der Waals surface area contributed by atoms with Crippen molar-refractivity contribution in [3.05, 3.63) is 76.9 Å². The SMILES string of the molecule is Cc1ccc(/C=C2\CCCC2CC(=O)c2ccccc2)cc1. The second-order valence-corrected chi connectivity index (χ2v) is 6.21. The molecule has 1 nitrogen and oxygen atoms in total. The minimum Gasteiger partial charge on any atom is -0.294 e. The molecule has 0 spiro atoms. The third-order valence-electron chi connectivity index (χ3n) is 4.50. The van der Waals surface area contributed by atoms with Crippen molar-refractivity contribution in [3.8, 4) is 0 Å². The van der Waals surface area contributed by atoms with Crippen molar-refractivity contribution in [2.75, 3.05) is 0 Å². The Balaban J connectivity index is 1.73. The van der Waals surface area contributed by atoms with E-state index in [4.69, 9.17) is 0 Å². The van der Waals surface area contributed by atoms with Crippen LogP contribution in [0.25, 0.3) is 6.08 Å². The van der Waals surface area contributed by atoms with Crippen molar-refractivity contribution < 1.29 is 4.79 Å². The van der Waals surface area contributed by atoms with Crippen LogP contribution in [0.2, 0.25) is 0 Å². The molecular weight excluding hydrogens is 268 g/mol. The maximum atomic E-state index is 12.4. The van der Waals surface area contributed by atoms with E-state index in [0.29, 0.717) is 12.3 Å². The van der Waals surface area contributed by atoms with Gasteiger partial charge < -0.3 is 0 Å². The molecule has 1 aliphatic carbocycles. The van der Waals surface area contributed by atoms with Crippen molar-refractivity contribution in [1.29, 1.82) is 0 Å².